The normalized spacial score (nSPS) is 16.7. The van der Waals surface area contributed by atoms with Crippen LogP contribution in [0.15, 0.2) is 21.5 Å². The van der Waals surface area contributed by atoms with Gasteiger partial charge in [0, 0.05) is 26.8 Å². The predicted molar refractivity (Wildman–Crippen MR) is 86.3 cm³/mol. The van der Waals surface area contributed by atoms with E-state index in [-0.39, 0.29) is 16.8 Å². The van der Waals surface area contributed by atoms with Crippen LogP contribution in [0.4, 0.5) is 0 Å². The molecule has 0 radical (unpaired) electrons. The Morgan fingerprint density at radius 2 is 1.90 bits per heavy atom. The van der Waals surface area contributed by atoms with Gasteiger partial charge < -0.3 is 5.32 Å². The summed E-state index contributed by atoms with van der Waals surface area (Å²) in [6.07, 6.45) is 5.38. The van der Waals surface area contributed by atoms with Gasteiger partial charge in [0.25, 0.3) is 15.0 Å². The summed E-state index contributed by atoms with van der Waals surface area (Å²) in [5.41, 5.74) is 0.718. The molecule has 2 rings (SSSR count). The average molecular weight is 395 g/mol. The maximum absolute atomic E-state index is 12.4. The van der Waals surface area contributed by atoms with Crippen LogP contribution in [0.3, 0.4) is 0 Å². The lowest BCUT2D eigenvalue weighted by Crippen LogP contribution is -2.36. The molecule has 1 N–H and O–H groups in total. The second-order valence-electron chi connectivity index (χ2n) is 5.32. The van der Waals surface area contributed by atoms with Gasteiger partial charge >= 0.3 is 0 Å². The van der Waals surface area contributed by atoms with E-state index in [2.05, 4.69) is 21.2 Å². The first-order valence-electron chi connectivity index (χ1n) is 6.84. The second kappa shape index (κ2) is 6.67. The third-order valence-corrected chi connectivity index (χ3v) is 5.68. The van der Waals surface area contributed by atoms with Crippen LogP contribution in [0.2, 0.25) is 0 Å². The number of hydrogen-bond acceptors (Lipinski definition) is 3. The summed E-state index contributed by atoms with van der Waals surface area (Å²) in [6, 6.07) is 3.20. The van der Waals surface area contributed by atoms with Gasteiger partial charge in [-0.15, -0.1) is 0 Å². The lowest BCUT2D eigenvalue weighted by atomic mass is 9.95. The van der Waals surface area contributed by atoms with Crippen molar-refractivity contribution in [3.05, 3.63) is 27.7 Å². The van der Waals surface area contributed by atoms with Gasteiger partial charge in [-0.1, -0.05) is 35.2 Å². The Hall–Kier alpha value is -0.590. The highest BCUT2D eigenvalue weighted by atomic mass is 79.9. The van der Waals surface area contributed by atoms with E-state index in [1.165, 1.54) is 12.5 Å². The van der Waals surface area contributed by atoms with Crippen molar-refractivity contribution >= 4 is 41.6 Å². The molecule has 4 nitrogen and oxygen atoms in total. The predicted octanol–water partition coefficient (Wildman–Crippen LogP) is 3.75. The second-order valence-corrected chi connectivity index (χ2v) is 8.77. The highest BCUT2D eigenvalue weighted by Gasteiger charge is 2.22. The number of benzene rings is 1. The SMILES string of the molecule is Cc1c(C(=O)NC2CCCCC2)cc(Br)cc1S(=O)(=O)Cl. The molecule has 1 amide bonds. The third-order valence-electron chi connectivity index (χ3n) is 3.77. The number of rotatable bonds is 3. The van der Waals surface area contributed by atoms with Crippen LogP contribution in [-0.2, 0) is 9.05 Å². The lowest BCUT2D eigenvalue weighted by molar-refractivity contribution is 0.0927. The first-order valence-corrected chi connectivity index (χ1v) is 9.95. The van der Waals surface area contributed by atoms with Crippen molar-refractivity contribution in [2.24, 2.45) is 0 Å². The molecular weight excluding hydrogens is 378 g/mol. The van der Waals surface area contributed by atoms with Crippen LogP contribution in [0, 0.1) is 6.92 Å². The van der Waals surface area contributed by atoms with E-state index in [9.17, 15) is 13.2 Å². The molecule has 1 aliphatic carbocycles. The van der Waals surface area contributed by atoms with Gasteiger partial charge in [-0.2, -0.15) is 0 Å². The van der Waals surface area contributed by atoms with Crippen molar-refractivity contribution in [1.29, 1.82) is 0 Å². The van der Waals surface area contributed by atoms with Gasteiger partial charge in [-0.05, 0) is 37.5 Å². The molecule has 0 bridgehead atoms. The van der Waals surface area contributed by atoms with Crippen molar-refractivity contribution in [2.45, 2.75) is 50.0 Å². The zero-order valence-corrected chi connectivity index (χ0v) is 14.8. The van der Waals surface area contributed by atoms with E-state index in [0.29, 0.717) is 15.6 Å². The molecule has 1 aromatic rings. The molecular formula is C14H17BrClNO3S. The minimum absolute atomic E-state index is 0.0349. The number of halogens is 2. The number of amides is 1. The number of hydrogen-bond donors (Lipinski definition) is 1. The van der Waals surface area contributed by atoms with E-state index in [1.807, 2.05) is 0 Å². The Balaban J connectivity index is 2.30. The maximum atomic E-state index is 12.4. The lowest BCUT2D eigenvalue weighted by Gasteiger charge is -2.23. The number of nitrogens with one attached hydrogen (secondary N) is 1. The largest absolute Gasteiger partial charge is 0.349 e. The molecule has 0 unspecified atom stereocenters. The maximum Gasteiger partial charge on any atom is 0.261 e. The van der Waals surface area contributed by atoms with Crippen LogP contribution in [0.1, 0.15) is 48.0 Å². The highest BCUT2D eigenvalue weighted by Crippen LogP contribution is 2.27. The summed E-state index contributed by atoms with van der Waals surface area (Å²) in [5.74, 6) is -0.248. The number of carbonyl (C=O) groups is 1. The fourth-order valence-electron chi connectivity index (χ4n) is 2.65. The van der Waals surface area contributed by atoms with Crippen LogP contribution in [-0.4, -0.2) is 20.4 Å². The van der Waals surface area contributed by atoms with E-state index in [4.69, 9.17) is 10.7 Å². The fourth-order valence-corrected chi connectivity index (χ4v) is 4.49. The fraction of sp³-hybridized carbons (Fsp3) is 0.500. The summed E-state index contributed by atoms with van der Waals surface area (Å²) < 4.78 is 23.7. The molecule has 1 saturated carbocycles. The minimum atomic E-state index is -3.88. The third kappa shape index (κ3) is 4.20. The summed E-state index contributed by atoms with van der Waals surface area (Å²) in [7, 11) is 1.54. The Labute approximate surface area is 137 Å². The molecule has 0 spiro atoms. The molecule has 0 heterocycles. The van der Waals surface area contributed by atoms with Gasteiger partial charge in [-0.25, -0.2) is 8.42 Å². The van der Waals surface area contributed by atoms with Crippen LogP contribution < -0.4 is 5.32 Å². The van der Waals surface area contributed by atoms with Crippen molar-refractivity contribution in [2.75, 3.05) is 0 Å². The Kier molecular flexibility index (Phi) is 5.33. The van der Waals surface area contributed by atoms with E-state index in [0.717, 1.165) is 25.7 Å². The zero-order valence-electron chi connectivity index (χ0n) is 11.7. The quantitative estimate of drug-likeness (QED) is 0.794. The number of carbonyl (C=O) groups excluding carboxylic acids is 1. The molecule has 7 heteroatoms. The molecule has 0 saturated heterocycles. The summed E-state index contributed by atoms with van der Waals surface area (Å²) in [6.45, 7) is 1.59. The molecule has 1 aliphatic rings. The molecule has 0 atom stereocenters. The summed E-state index contributed by atoms with van der Waals surface area (Å²) in [4.78, 5) is 12.4. The monoisotopic (exact) mass is 393 g/mol. The van der Waals surface area contributed by atoms with Crippen molar-refractivity contribution in [3.63, 3.8) is 0 Å². The molecule has 21 heavy (non-hydrogen) atoms. The molecule has 0 aliphatic heterocycles. The smallest absolute Gasteiger partial charge is 0.261 e. The van der Waals surface area contributed by atoms with Gasteiger partial charge in [-0.3, -0.25) is 4.79 Å². The Morgan fingerprint density at radius 3 is 2.48 bits per heavy atom. The topological polar surface area (TPSA) is 63.2 Å². The van der Waals surface area contributed by atoms with Gasteiger partial charge in [0.2, 0.25) is 0 Å². The van der Waals surface area contributed by atoms with E-state index < -0.39 is 9.05 Å². The zero-order chi connectivity index (χ0) is 15.6. The summed E-state index contributed by atoms with van der Waals surface area (Å²) in [5, 5.41) is 2.98. The van der Waals surface area contributed by atoms with Crippen molar-refractivity contribution in [1.82, 2.24) is 5.32 Å². The van der Waals surface area contributed by atoms with Crippen molar-refractivity contribution < 1.29 is 13.2 Å². The Bertz CT molecular complexity index is 654. The summed E-state index contributed by atoms with van der Waals surface area (Å²) >= 11 is 3.23. The first-order chi connectivity index (χ1) is 9.79. The van der Waals surface area contributed by atoms with E-state index >= 15 is 0 Å². The van der Waals surface area contributed by atoms with Crippen molar-refractivity contribution in [3.8, 4) is 0 Å². The first kappa shape index (κ1) is 16.8. The molecule has 116 valence electrons. The van der Waals surface area contributed by atoms with Gasteiger partial charge in [0.05, 0.1) is 4.90 Å². The van der Waals surface area contributed by atoms with Gasteiger partial charge in [0.1, 0.15) is 0 Å². The van der Waals surface area contributed by atoms with E-state index in [1.54, 1.807) is 13.0 Å². The molecule has 1 fully saturated rings. The standard InChI is InChI=1S/C14H17BrClNO3S/c1-9-12(7-10(15)8-13(9)21(16,19)20)14(18)17-11-5-3-2-4-6-11/h7-8,11H,2-6H2,1H3,(H,17,18). The molecule has 1 aromatic carbocycles. The molecule has 0 aromatic heterocycles. The minimum Gasteiger partial charge on any atom is -0.349 e. The Morgan fingerprint density at radius 1 is 1.29 bits per heavy atom. The van der Waals surface area contributed by atoms with Crippen LogP contribution in [0.25, 0.3) is 0 Å². The average Bonchev–Trinajstić information content (AvgIpc) is 2.40. The highest BCUT2D eigenvalue weighted by molar-refractivity contribution is 9.10. The van der Waals surface area contributed by atoms with Gasteiger partial charge in [0.15, 0.2) is 0 Å². The van der Waals surface area contributed by atoms with Crippen LogP contribution in [0.5, 0.6) is 0 Å². The van der Waals surface area contributed by atoms with Crippen LogP contribution >= 0.6 is 26.6 Å².